The van der Waals surface area contributed by atoms with Crippen LogP contribution in [0.15, 0.2) is 0 Å². The van der Waals surface area contributed by atoms with Gasteiger partial charge in [0, 0.05) is 19.5 Å². The maximum absolute atomic E-state index is 12.1. The highest BCUT2D eigenvalue weighted by molar-refractivity contribution is 6.06. The van der Waals surface area contributed by atoms with Crippen LogP contribution in [0, 0.1) is 0 Å². The summed E-state index contributed by atoms with van der Waals surface area (Å²) >= 11 is 0. The molecule has 7 nitrogen and oxygen atoms in total. The lowest BCUT2D eigenvalue weighted by Gasteiger charge is -2.28. The monoisotopic (exact) mass is 310 g/mol. The SMILES string of the molecule is CC1(C)NC(=O)N(CCCC(=O)NC2(CN)CCCC2)C1=O. The van der Waals surface area contributed by atoms with Crippen molar-refractivity contribution in [1.29, 1.82) is 0 Å². The molecule has 1 saturated heterocycles. The quantitative estimate of drug-likeness (QED) is 0.621. The fraction of sp³-hybridized carbons (Fsp3) is 0.800. The highest BCUT2D eigenvalue weighted by Crippen LogP contribution is 2.28. The zero-order chi connectivity index (χ0) is 16.4. The highest BCUT2D eigenvalue weighted by Gasteiger charge is 2.43. The number of nitrogens with one attached hydrogen (secondary N) is 2. The standard InChI is InChI=1S/C15H26N4O3/c1-14(2)12(21)19(13(22)18-14)9-5-6-11(20)17-15(10-16)7-3-4-8-15/h3-10,16H2,1-2H3,(H,17,20)(H,18,22). The van der Waals surface area contributed by atoms with Gasteiger partial charge in [0.05, 0.1) is 5.54 Å². The Balaban J connectivity index is 1.78. The third kappa shape index (κ3) is 3.40. The maximum atomic E-state index is 12.1. The minimum atomic E-state index is -0.854. The van der Waals surface area contributed by atoms with Gasteiger partial charge in [-0.15, -0.1) is 0 Å². The highest BCUT2D eigenvalue weighted by atomic mass is 16.2. The van der Waals surface area contributed by atoms with E-state index >= 15 is 0 Å². The van der Waals surface area contributed by atoms with Crippen molar-refractivity contribution in [1.82, 2.24) is 15.5 Å². The number of urea groups is 1. The molecule has 0 aromatic heterocycles. The molecule has 1 aliphatic carbocycles. The molecule has 0 unspecified atom stereocenters. The fourth-order valence-corrected chi connectivity index (χ4v) is 3.21. The minimum Gasteiger partial charge on any atom is -0.349 e. The van der Waals surface area contributed by atoms with Crippen LogP contribution < -0.4 is 16.4 Å². The topological polar surface area (TPSA) is 105 Å². The Morgan fingerprint density at radius 2 is 1.95 bits per heavy atom. The van der Waals surface area contributed by atoms with Crippen LogP contribution in [0.1, 0.15) is 52.4 Å². The molecule has 2 rings (SSSR count). The molecule has 1 saturated carbocycles. The lowest BCUT2D eigenvalue weighted by molar-refractivity contribution is -0.130. The van der Waals surface area contributed by atoms with Gasteiger partial charge < -0.3 is 16.4 Å². The Labute approximate surface area is 131 Å². The van der Waals surface area contributed by atoms with Gasteiger partial charge in [-0.3, -0.25) is 14.5 Å². The van der Waals surface area contributed by atoms with Crippen LogP contribution in [-0.2, 0) is 9.59 Å². The van der Waals surface area contributed by atoms with Gasteiger partial charge in [-0.1, -0.05) is 12.8 Å². The number of nitrogens with zero attached hydrogens (tertiary/aromatic N) is 1. The first-order chi connectivity index (χ1) is 10.3. The Morgan fingerprint density at radius 1 is 1.32 bits per heavy atom. The van der Waals surface area contributed by atoms with Gasteiger partial charge in [0.1, 0.15) is 5.54 Å². The van der Waals surface area contributed by atoms with E-state index in [-0.39, 0.29) is 29.9 Å². The number of carbonyl (C=O) groups is 3. The van der Waals surface area contributed by atoms with Crippen LogP contribution in [0.5, 0.6) is 0 Å². The summed E-state index contributed by atoms with van der Waals surface area (Å²) in [4.78, 5) is 37.0. The molecule has 1 heterocycles. The molecule has 22 heavy (non-hydrogen) atoms. The fourth-order valence-electron chi connectivity index (χ4n) is 3.21. The predicted octanol–water partition coefficient (Wildman–Crippen LogP) is 0.485. The zero-order valence-electron chi connectivity index (χ0n) is 13.4. The van der Waals surface area contributed by atoms with Crippen molar-refractivity contribution in [3.63, 3.8) is 0 Å². The third-order valence-electron chi connectivity index (χ3n) is 4.59. The number of nitrogens with two attached hydrogens (primary N) is 1. The molecule has 1 aliphatic heterocycles. The van der Waals surface area contributed by atoms with Crippen LogP contribution in [0.25, 0.3) is 0 Å². The number of hydrogen-bond acceptors (Lipinski definition) is 4. The molecular formula is C15H26N4O3. The van der Waals surface area contributed by atoms with Crippen molar-refractivity contribution in [2.75, 3.05) is 13.1 Å². The molecule has 2 aliphatic rings. The second-order valence-corrected chi connectivity index (χ2v) is 6.86. The number of rotatable bonds is 6. The summed E-state index contributed by atoms with van der Waals surface area (Å²) in [6.45, 7) is 4.06. The van der Waals surface area contributed by atoms with Crippen LogP contribution in [0.2, 0.25) is 0 Å². The summed E-state index contributed by atoms with van der Waals surface area (Å²) in [7, 11) is 0. The van der Waals surface area contributed by atoms with Crippen molar-refractivity contribution >= 4 is 17.8 Å². The molecule has 0 aromatic carbocycles. The van der Waals surface area contributed by atoms with Gasteiger partial charge in [0.15, 0.2) is 0 Å². The van der Waals surface area contributed by atoms with Crippen molar-refractivity contribution in [3.8, 4) is 0 Å². The van der Waals surface area contributed by atoms with Crippen LogP contribution in [0.4, 0.5) is 4.79 Å². The first kappa shape index (κ1) is 16.7. The molecule has 0 spiro atoms. The van der Waals surface area contributed by atoms with E-state index in [0.717, 1.165) is 25.7 Å². The smallest absolute Gasteiger partial charge is 0.325 e. The molecule has 2 fully saturated rings. The van der Waals surface area contributed by atoms with E-state index in [0.29, 0.717) is 19.4 Å². The van der Waals surface area contributed by atoms with E-state index in [9.17, 15) is 14.4 Å². The summed E-state index contributed by atoms with van der Waals surface area (Å²) in [6, 6.07) is -0.385. The van der Waals surface area contributed by atoms with E-state index < -0.39 is 5.54 Å². The minimum absolute atomic E-state index is 0.0568. The molecule has 0 radical (unpaired) electrons. The summed E-state index contributed by atoms with van der Waals surface area (Å²) in [5.74, 6) is -0.300. The first-order valence-electron chi connectivity index (χ1n) is 7.95. The Hall–Kier alpha value is -1.63. The lowest BCUT2D eigenvalue weighted by Crippen LogP contribution is -2.51. The van der Waals surface area contributed by atoms with E-state index in [1.807, 2.05) is 0 Å². The Morgan fingerprint density at radius 3 is 2.45 bits per heavy atom. The molecule has 0 atom stereocenters. The molecule has 7 heteroatoms. The average Bonchev–Trinajstić information content (AvgIpc) is 2.97. The Bertz CT molecular complexity index is 469. The van der Waals surface area contributed by atoms with Crippen molar-refractivity contribution < 1.29 is 14.4 Å². The normalized spacial score (nSPS) is 22.8. The van der Waals surface area contributed by atoms with E-state index in [1.165, 1.54) is 4.90 Å². The van der Waals surface area contributed by atoms with Gasteiger partial charge >= 0.3 is 6.03 Å². The van der Waals surface area contributed by atoms with Crippen molar-refractivity contribution in [2.24, 2.45) is 5.73 Å². The van der Waals surface area contributed by atoms with Crippen LogP contribution in [0.3, 0.4) is 0 Å². The summed E-state index contributed by atoms with van der Waals surface area (Å²) < 4.78 is 0. The zero-order valence-corrected chi connectivity index (χ0v) is 13.4. The lowest BCUT2D eigenvalue weighted by atomic mass is 9.97. The van der Waals surface area contributed by atoms with E-state index in [2.05, 4.69) is 10.6 Å². The van der Waals surface area contributed by atoms with E-state index in [4.69, 9.17) is 5.73 Å². The van der Waals surface area contributed by atoms with Gasteiger partial charge in [-0.2, -0.15) is 0 Å². The molecule has 0 bridgehead atoms. The van der Waals surface area contributed by atoms with Gasteiger partial charge in [0.2, 0.25) is 5.91 Å². The summed E-state index contributed by atoms with van der Waals surface area (Å²) in [5, 5.41) is 5.66. The van der Waals surface area contributed by atoms with E-state index in [1.54, 1.807) is 13.8 Å². The molecule has 4 amide bonds. The molecular weight excluding hydrogens is 284 g/mol. The summed E-state index contributed by atoms with van der Waals surface area (Å²) in [6.07, 6.45) is 4.79. The second kappa shape index (κ2) is 6.24. The van der Waals surface area contributed by atoms with Crippen molar-refractivity contribution in [3.05, 3.63) is 0 Å². The number of carbonyl (C=O) groups excluding carboxylic acids is 3. The van der Waals surface area contributed by atoms with Crippen molar-refractivity contribution in [2.45, 2.75) is 63.5 Å². The van der Waals surface area contributed by atoms with Gasteiger partial charge in [0.25, 0.3) is 5.91 Å². The largest absolute Gasteiger partial charge is 0.349 e. The average molecular weight is 310 g/mol. The molecule has 0 aromatic rings. The predicted molar refractivity (Wildman–Crippen MR) is 82.0 cm³/mol. The van der Waals surface area contributed by atoms with Crippen LogP contribution >= 0.6 is 0 Å². The number of hydrogen-bond donors (Lipinski definition) is 3. The number of amides is 4. The second-order valence-electron chi connectivity index (χ2n) is 6.86. The molecule has 124 valence electrons. The number of imide groups is 1. The van der Waals surface area contributed by atoms with Gasteiger partial charge in [-0.25, -0.2) is 4.79 Å². The summed E-state index contributed by atoms with van der Waals surface area (Å²) in [5.41, 5.74) is 4.69. The first-order valence-corrected chi connectivity index (χ1v) is 7.95. The van der Waals surface area contributed by atoms with Crippen LogP contribution in [-0.4, -0.2) is 46.9 Å². The maximum Gasteiger partial charge on any atom is 0.325 e. The molecule has 4 N–H and O–H groups in total. The Kier molecular flexibility index (Phi) is 4.75. The third-order valence-corrected chi connectivity index (χ3v) is 4.59. The van der Waals surface area contributed by atoms with Gasteiger partial charge in [-0.05, 0) is 33.1 Å².